The van der Waals surface area contributed by atoms with Crippen molar-refractivity contribution in [3.05, 3.63) is 63.4 Å². The molecule has 2 aromatic carbocycles. The number of halogens is 1. The number of carbonyl (C=O) groups is 3. The van der Waals surface area contributed by atoms with Crippen LogP contribution < -0.4 is 4.80 Å². The molecule has 7 nitrogen and oxygen atoms in total. The van der Waals surface area contributed by atoms with E-state index in [1.165, 1.54) is 18.4 Å². The van der Waals surface area contributed by atoms with Crippen molar-refractivity contribution in [1.29, 1.82) is 0 Å². The summed E-state index contributed by atoms with van der Waals surface area (Å²) in [5.41, 5.74) is 1.81. The van der Waals surface area contributed by atoms with Crippen molar-refractivity contribution < 1.29 is 23.9 Å². The number of hydrogen-bond acceptors (Lipinski definition) is 6. The van der Waals surface area contributed by atoms with Gasteiger partial charge in [0.2, 0.25) is 0 Å². The molecule has 0 spiro atoms. The first kappa shape index (κ1) is 21.7. The summed E-state index contributed by atoms with van der Waals surface area (Å²) in [6.07, 6.45) is 0.0955. The summed E-state index contributed by atoms with van der Waals surface area (Å²) in [5.74, 6) is -1.28. The molecule has 0 saturated carbocycles. The molecule has 0 fully saturated rings. The van der Waals surface area contributed by atoms with Crippen LogP contribution >= 0.6 is 22.9 Å². The van der Waals surface area contributed by atoms with Gasteiger partial charge in [0.25, 0.3) is 5.91 Å². The van der Waals surface area contributed by atoms with Gasteiger partial charge >= 0.3 is 11.9 Å². The van der Waals surface area contributed by atoms with Crippen molar-refractivity contribution in [2.75, 3.05) is 13.7 Å². The lowest BCUT2D eigenvalue weighted by Gasteiger charge is -2.05. The maximum absolute atomic E-state index is 12.5. The number of aromatic nitrogens is 1. The summed E-state index contributed by atoms with van der Waals surface area (Å²) >= 11 is 7.08. The first-order valence-corrected chi connectivity index (χ1v) is 10.3. The summed E-state index contributed by atoms with van der Waals surface area (Å²) in [4.78, 5) is 41.0. The molecular weight excluding hydrogens is 428 g/mol. The van der Waals surface area contributed by atoms with Crippen molar-refractivity contribution in [3.63, 3.8) is 0 Å². The van der Waals surface area contributed by atoms with Gasteiger partial charge in [-0.05, 0) is 42.8 Å². The Morgan fingerprint density at radius 1 is 1.13 bits per heavy atom. The molecule has 9 heteroatoms. The molecule has 3 rings (SSSR count). The van der Waals surface area contributed by atoms with Crippen LogP contribution in [0.1, 0.15) is 22.8 Å². The Bertz CT molecular complexity index is 1160. The zero-order valence-corrected chi connectivity index (χ0v) is 18.0. The molecule has 30 heavy (non-hydrogen) atoms. The van der Waals surface area contributed by atoms with Crippen molar-refractivity contribution in [3.8, 4) is 0 Å². The second-order valence-corrected chi connectivity index (χ2v) is 7.70. The number of amides is 1. The van der Waals surface area contributed by atoms with Crippen LogP contribution in [0.4, 0.5) is 0 Å². The normalized spacial score (nSPS) is 11.5. The van der Waals surface area contributed by atoms with Gasteiger partial charge < -0.3 is 14.0 Å². The van der Waals surface area contributed by atoms with Gasteiger partial charge in [-0.2, -0.15) is 4.99 Å². The van der Waals surface area contributed by atoms with E-state index >= 15 is 0 Å². The third-order valence-electron chi connectivity index (χ3n) is 4.19. The molecule has 0 unspecified atom stereocenters. The van der Waals surface area contributed by atoms with Crippen molar-refractivity contribution in [2.24, 2.45) is 4.99 Å². The number of esters is 2. The van der Waals surface area contributed by atoms with E-state index in [0.29, 0.717) is 25.6 Å². The fraction of sp³-hybridized carbons (Fsp3) is 0.238. The Morgan fingerprint density at radius 3 is 2.53 bits per heavy atom. The average Bonchev–Trinajstić information content (AvgIpc) is 3.05. The Labute approximate surface area is 181 Å². The largest absolute Gasteiger partial charge is 0.465 e. The van der Waals surface area contributed by atoms with E-state index in [0.717, 1.165) is 5.56 Å². The van der Waals surface area contributed by atoms with Gasteiger partial charge in [-0.1, -0.05) is 35.1 Å². The highest BCUT2D eigenvalue weighted by Gasteiger charge is 2.15. The van der Waals surface area contributed by atoms with Crippen LogP contribution in [-0.4, -0.2) is 36.1 Å². The predicted molar refractivity (Wildman–Crippen MR) is 114 cm³/mol. The summed E-state index contributed by atoms with van der Waals surface area (Å²) in [6, 6.07) is 11.9. The molecule has 0 atom stereocenters. The highest BCUT2D eigenvalue weighted by molar-refractivity contribution is 7.16. The van der Waals surface area contributed by atoms with Gasteiger partial charge in [0.1, 0.15) is 6.54 Å². The third kappa shape index (κ3) is 5.14. The molecular formula is C21H19ClN2O5S. The maximum atomic E-state index is 12.5. The highest BCUT2D eigenvalue weighted by atomic mass is 35.5. The van der Waals surface area contributed by atoms with Crippen LogP contribution in [0.5, 0.6) is 0 Å². The van der Waals surface area contributed by atoms with E-state index in [2.05, 4.69) is 4.99 Å². The number of rotatable bonds is 6. The van der Waals surface area contributed by atoms with Crippen molar-refractivity contribution >= 4 is 51.0 Å². The maximum Gasteiger partial charge on any atom is 0.337 e. The zero-order valence-electron chi connectivity index (χ0n) is 16.4. The number of methoxy groups -OCH3 is 1. The van der Waals surface area contributed by atoms with Crippen LogP contribution in [0.3, 0.4) is 0 Å². The molecule has 0 saturated heterocycles. The van der Waals surface area contributed by atoms with Crippen LogP contribution in [0.2, 0.25) is 5.02 Å². The Balaban J connectivity index is 2.02. The standard InChI is InChI=1S/C21H19ClN2O5S/c1-3-29-19(26)12-24-16-9-6-14(20(27)28-2)11-17(16)30-21(24)23-18(25)10-13-4-7-15(22)8-5-13/h4-9,11H,3,10,12H2,1-2H3. The Morgan fingerprint density at radius 2 is 1.87 bits per heavy atom. The molecule has 156 valence electrons. The Kier molecular flexibility index (Phi) is 7.02. The minimum absolute atomic E-state index is 0.0955. The number of fused-ring (bicyclic) bond motifs is 1. The van der Waals surface area contributed by atoms with Crippen LogP contribution in [0, 0.1) is 0 Å². The van der Waals surface area contributed by atoms with Gasteiger partial charge in [-0.3, -0.25) is 9.59 Å². The first-order valence-electron chi connectivity index (χ1n) is 9.10. The Hall–Kier alpha value is -2.97. The first-order chi connectivity index (χ1) is 14.4. The minimum Gasteiger partial charge on any atom is -0.465 e. The molecule has 0 bridgehead atoms. The number of carbonyl (C=O) groups excluding carboxylic acids is 3. The fourth-order valence-electron chi connectivity index (χ4n) is 2.81. The van der Waals surface area contributed by atoms with E-state index in [4.69, 9.17) is 21.1 Å². The number of hydrogen-bond donors (Lipinski definition) is 0. The summed E-state index contributed by atoms with van der Waals surface area (Å²) in [7, 11) is 1.30. The lowest BCUT2D eigenvalue weighted by Crippen LogP contribution is -2.23. The summed E-state index contributed by atoms with van der Waals surface area (Å²) in [6.45, 7) is 1.87. The van der Waals surface area contributed by atoms with Crippen LogP contribution in [0.15, 0.2) is 47.5 Å². The predicted octanol–water partition coefficient (Wildman–Crippen LogP) is 3.38. The van der Waals surface area contributed by atoms with E-state index < -0.39 is 11.9 Å². The molecule has 0 aliphatic heterocycles. The second-order valence-electron chi connectivity index (χ2n) is 6.26. The monoisotopic (exact) mass is 446 g/mol. The summed E-state index contributed by atoms with van der Waals surface area (Å²) < 4.78 is 12.1. The molecule has 0 radical (unpaired) electrons. The number of thiazole rings is 1. The number of benzene rings is 2. The number of ether oxygens (including phenoxy) is 2. The third-order valence-corrected chi connectivity index (χ3v) is 5.48. The van der Waals surface area contributed by atoms with E-state index in [1.54, 1.807) is 54.0 Å². The average molecular weight is 447 g/mol. The fourth-order valence-corrected chi connectivity index (χ4v) is 4.03. The van der Waals surface area contributed by atoms with Gasteiger partial charge in [-0.15, -0.1) is 0 Å². The van der Waals surface area contributed by atoms with Crippen molar-refractivity contribution in [1.82, 2.24) is 4.57 Å². The highest BCUT2D eigenvalue weighted by Crippen LogP contribution is 2.20. The topological polar surface area (TPSA) is 87.0 Å². The number of nitrogens with zero attached hydrogens (tertiary/aromatic N) is 2. The van der Waals surface area contributed by atoms with Gasteiger partial charge in [0.15, 0.2) is 4.80 Å². The van der Waals surface area contributed by atoms with Crippen LogP contribution in [0.25, 0.3) is 10.2 Å². The van der Waals surface area contributed by atoms with Gasteiger partial charge in [0.05, 0.1) is 35.9 Å². The lowest BCUT2D eigenvalue weighted by atomic mass is 10.1. The van der Waals surface area contributed by atoms with Gasteiger partial charge in [-0.25, -0.2) is 4.79 Å². The van der Waals surface area contributed by atoms with E-state index in [-0.39, 0.29) is 25.5 Å². The SMILES string of the molecule is CCOC(=O)Cn1c(=NC(=O)Cc2ccc(Cl)cc2)sc2cc(C(=O)OC)ccc21. The minimum atomic E-state index is -0.473. The zero-order chi connectivity index (χ0) is 21.7. The molecule has 0 N–H and O–H groups in total. The van der Waals surface area contributed by atoms with Gasteiger partial charge in [0, 0.05) is 5.02 Å². The van der Waals surface area contributed by atoms with E-state index in [1.807, 2.05) is 0 Å². The lowest BCUT2D eigenvalue weighted by molar-refractivity contribution is -0.143. The quantitative estimate of drug-likeness (QED) is 0.542. The second kappa shape index (κ2) is 9.69. The molecule has 1 aromatic heterocycles. The molecule has 1 amide bonds. The molecule has 0 aliphatic rings. The molecule has 3 aromatic rings. The molecule has 0 aliphatic carbocycles. The van der Waals surface area contributed by atoms with Crippen molar-refractivity contribution in [2.45, 2.75) is 19.9 Å². The van der Waals surface area contributed by atoms with E-state index in [9.17, 15) is 14.4 Å². The summed E-state index contributed by atoms with van der Waals surface area (Å²) in [5, 5.41) is 0.585. The smallest absolute Gasteiger partial charge is 0.337 e. The van der Waals surface area contributed by atoms with Crippen LogP contribution in [-0.2, 0) is 32.0 Å². The molecule has 1 heterocycles.